The summed E-state index contributed by atoms with van der Waals surface area (Å²) >= 11 is 4.15. The van der Waals surface area contributed by atoms with E-state index >= 15 is 0 Å². The Balaban J connectivity index is 0.000000160. The predicted molar refractivity (Wildman–Crippen MR) is 78.8 cm³/mol. The summed E-state index contributed by atoms with van der Waals surface area (Å²) in [5, 5.41) is 6.58. The van der Waals surface area contributed by atoms with Crippen molar-refractivity contribution in [3.05, 3.63) is 0 Å². The van der Waals surface area contributed by atoms with Gasteiger partial charge in [-0.1, -0.05) is 0 Å². The van der Waals surface area contributed by atoms with E-state index in [9.17, 15) is 0 Å². The van der Waals surface area contributed by atoms with Gasteiger partial charge in [0.1, 0.15) is 0 Å². The first-order chi connectivity index (χ1) is 7.86. The highest BCUT2D eigenvalue weighted by Crippen LogP contribution is 2.16. The molecule has 2 aliphatic rings. The second kappa shape index (κ2) is 9.63. The minimum Gasteiger partial charge on any atom is -0.317 e. The monoisotopic (exact) mass is 262 g/mol. The van der Waals surface area contributed by atoms with Gasteiger partial charge in [0, 0.05) is 12.1 Å². The van der Waals surface area contributed by atoms with E-state index in [4.69, 9.17) is 0 Å². The number of nitrogens with one attached hydrogen (secondary N) is 2. The van der Waals surface area contributed by atoms with Crippen LogP contribution in [0, 0.1) is 0 Å². The van der Waals surface area contributed by atoms with Gasteiger partial charge in [-0.3, -0.25) is 0 Å². The van der Waals surface area contributed by atoms with Gasteiger partial charge in [0.2, 0.25) is 0 Å². The highest BCUT2D eigenvalue weighted by Gasteiger charge is 2.10. The van der Waals surface area contributed by atoms with Crippen LogP contribution in [0.3, 0.4) is 0 Å². The summed E-state index contributed by atoms with van der Waals surface area (Å²) in [5.41, 5.74) is 0. The minimum absolute atomic E-state index is 0.816. The van der Waals surface area contributed by atoms with Crippen LogP contribution in [0.5, 0.6) is 0 Å². The van der Waals surface area contributed by atoms with Crippen LogP contribution in [-0.2, 0) is 0 Å². The maximum Gasteiger partial charge on any atom is 0.00797 e. The smallest absolute Gasteiger partial charge is 0.00797 e. The molecule has 0 bridgehead atoms. The molecule has 96 valence electrons. The molecule has 0 unspecified atom stereocenters. The molecule has 2 aliphatic heterocycles. The van der Waals surface area contributed by atoms with Crippen molar-refractivity contribution < 1.29 is 0 Å². The molecule has 0 spiro atoms. The summed E-state index contributed by atoms with van der Waals surface area (Å²) in [4.78, 5) is 0. The van der Waals surface area contributed by atoms with Gasteiger partial charge in [-0.25, -0.2) is 0 Å². The molecule has 0 saturated carbocycles. The quantitative estimate of drug-likeness (QED) is 0.797. The second-order valence-electron chi connectivity index (χ2n) is 4.35. The maximum atomic E-state index is 3.29. The molecule has 2 heterocycles. The Labute approximate surface area is 109 Å². The number of hydrogen-bond acceptors (Lipinski definition) is 4. The zero-order chi connectivity index (χ0) is 11.6. The average Bonchev–Trinajstić information content (AvgIpc) is 2.41. The number of thioether (sulfide) groups is 2. The number of hydrogen-bond donors (Lipinski definition) is 2. The van der Waals surface area contributed by atoms with Crippen molar-refractivity contribution in [2.75, 3.05) is 37.1 Å². The minimum atomic E-state index is 0.816. The topological polar surface area (TPSA) is 24.1 Å². The zero-order valence-corrected chi connectivity index (χ0v) is 12.3. The van der Waals surface area contributed by atoms with E-state index in [0.29, 0.717) is 0 Å². The summed E-state index contributed by atoms with van der Waals surface area (Å²) in [7, 11) is 4.11. The first-order valence-electron chi connectivity index (χ1n) is 6.37. The molecule has 2 fully saturated rings. The van der Waals surface area contributed by atoms with Gasteiger partial charge in [-0.15, -0.1) is 0 Å². The summed E-state index contributed by atoms with van der Waals surface area (Å²) < 4.78 is 0. The van der Waals surface area contributed by atoms with Crippen molar-refractivity contribution in [2.24, 2.45) is 0 Å². The van der Waals surface area contributed by atoms with E-state index < -0.39 is 0 Å². The van der Waals surface area contributed by atoms with E-state index in [-0.39, 0.29) is 0 Å². The highest BCUT2D eigenvalue weighted by atomic mass is 32.2. The Bertz CT molecular complexity index is 137. The van der Waals surface area contributed by atoms with Crippen LogP contribution in [0.1, 0.15) is 25.7 Å². The van der Waals surface area contributed by atoms with E-state index in [2.05, 4.69) is 48.3 Å². The normalized spacial score (nSPS) is 23.6. The van der Waals surface area contributed by atoms with Gasteiger partial charge >= 0.3 is 0 Å². The molecular weight excluding hydrogens is 236 g/mol. The predicted octanol–water partition coefficient (Wildman–Crippen LogP) is 2.20. The third-order valence-electron chi connectivity index (χ3n) is 3.26. The second-order valence-corrected chi connectivity index (χ2v) is 6.80. The van der Waals surface area contributed by atoms with E-state index in [1.165, 1.54) is 48.7 Å². The van der Waals surface area contributed by atoms with Crippen LogP contribution in [0.4, 0.5) is 0 Å². The molecule has 2 N–H and O–H groups in total. The summed E-state index contributed by atoms with van der Waals surface area (Å²) in [6, 6.07) is 1.63. The van der Waals surface area contributed by atoms with Crippen molar-refractivity contribution in [3.63, 3.8) is 0 Å². The fraction of sp³-hybridized carbons (Fsp3) is 1.00. The Morgan fingerprint density at radius 1 is 0.688 bits per heavy atom. The first-order valence-corrected chi connectivity index (χ1v) is 8.67. The van der Waals surface area contributed by atoms with Crippen LogP contribution in [0.25, 0.3) is 0 Å². The van der Waals surface area contributed by atoms with Gasteiger partial charge in [0.25, 0.3) is 0 Å². The van der Waals surface area contributed by atoms with Crippen LogP contribution in [0.15, 0.2) is 0 Å². The molecule has 16 heavy (non-hydrogen) atoms. The largest absolute Gasteiger partial charge is 0.317 e. The van der Waals surface area contributed by atoms with Crippen LogP contribution in [-0.4, -0.2) is 49.2 Å². The molecule has 2 saturated heterocycles. The maximum absolute atomic E-state index is 3.29. The van der Waals surface area contributed by atoms with Crippen molar-refractivity contribution >= 4 is 23.5 Å². The third-order valence-corrected chi connectivity index (χ3v) is 5.36. The van der Waals surface area contributed by atoms with Crippen molar-refractivity contribution in [1.29, 1.82) is 0 Å². The van der Waals surface area contributed by atoms with Crippen molar-refractivity contribution in [2.45, 2.75) is 37.8 Å². The molecule has 0 aromatic carbocycles. The van der Waals surface area contributed by atoms with Crippen LogP contribution in [0.2, 0.25) is 0 Å². The average molecular weight is 262 g/mol. The lowest BCUT2D eigenvalue weighted by atomic mass is 10.2. The lowest BCUT2D eigenvalue weighted by Gasteiger charge is -2.19. The third kappa shape index (κ3) is 6.38. The Morgan fingerprint density at radius 2 is 1.00 bits per heavy atom. The number of rotatable bonds is 2. The summed E-state index contributed by atoms with van der Waals surface area (Å²) in [5.74, 6) is 5.41. The van der Waals surface area contributed by atoms with E-state index in [1.54, 1.807) is 0 Å². The molecule has 0 aromatic rings. The Hall–Kier alpha value is 0.620. The highest BCUT2D eigenvalue weighted by molar-refractivity contribution is 7.99. The van der Waals surface area contributed by atoms with E-state index in [0.717, 1.165) is 12.1 Å². The molecular formula is C12H26N2S2. The molecule has 0 amide bonds. The fourth-order valence-electron chi connectivity index (χ4n) is 1.97. The standard InChI is InChI=1S/2C6H13NS/c2*1-7-6-2-4-8-5-3-6/h2*6-7H,2-5H2,1H3. The Kier molecular flexibility index (Phi) is 8.84. The lowest BCUT2D eigenvalue weighted by Crippen LogP contribution is -2.28. The van der Waals surface area contributed by atoms with Gasteiger partial charge < -0.3 is 10.6 Å². The SMILES string of the molecule is CNC1CCSCC1.CNC1CCSCC1. The summed E-state index contributed by atoms with van der Waals surface area (Å²) in [6.45, 7) is 0. The molecule has 4 heteroatoms. The van der Waals surface area contributed by atoms with E-state index in [1.807, 2.05) is 0 Å². The van der Waals surface area contributed by atoms with Gasteiger partial charge in [-0.2, -0.15) is 23.5 Å². The molecule has 2 rings (SSSR count). The molecule has 0 atom stereocenters. The molecule has 2 nitrogen and oxygen atoms in total. The molecule has 0 aromatic heterocycles. The van der Waals surface area contributed by atoms with Gasteiger partial charge in [-0.05, 0) is 62.8 Å². The van der Waals surface area contributed by atoms with Gasteiger partial charge in [0.05, 0.1) is 0 Å². The fourth-order valence-corrected chi connectivity index (χ4v) is 4.19. The lowest BCUT2D eigenvalue weighted by molar-refractivity contribution is 0.528. The Morgan fingerprint density at radius 3 is 1.19 bits per heavy atom. The first kappa shape index (κ1) is 14.7. The van der Waals surface area contributed by atoms with Crippen molar-refractivity contribution in [3.8, 4) is 0 Å². The van der Waals surface area contributed by atoms with Gasteiger partial charge in [0.15, 0.2) is 0 Å². The molecule has 0 aliphatic carbocycles. The zero-order valence-electron chi connectivity index (χ0n) is 10.6. The molecule has 0 radical (unpaired) electrons. The van der Waals surface area contributed by atoms with Crippen molar-refractivity contribution in [1.82, 2.24) is 10.6 Å². The van der Waals surface area contributed by atoms with Crippen LogP contribution >= 0.6 is 23.5 Å². The summed E-state index contributed by atoms with van der Waals surface area (Å²) in [6.07, 6.45) is 5.45. The van der Waals surface area contributed by atoms with Crippen LogP contribution < -0.4 is 10.6 Å².